The molecule has 1 aliphatic rings. The Morgan fingerprint density at radius 1 is 1.40 bits per heavy atom. The van der Waals surface area contributed by atoms with Crippen LogP contribution < -0.4 is 16.8 Å². The van der Waals surface area contributed by atoms with Crippen LogP contribution in [0.2, 0.25) is 0 Å². The van der Waals surface area contributed by atoms with E-state index in [1.54, 1.807) is 32.1 Å². The Morgan fingerprint density at radius 2 is 2.10 bits per heavy atom. The second-order valence-electron chi connectivity index (χ2n) is 4.75. The quantitative estimate of drug-likeness (QED) is 0.710. The van der Waals surface area contributed by atoms with Crippen molar-refractivity contribution in [1.82, 2.24) is 10.3 Å². The highest BCUT2D eigenvalue weighted by Crippen LogP contribution is 2.29. The molecule has 0 bridgehead atoms. The van der Waals surface area contributed by atoms with Crippen molar-refractivity contribution in [2.45, 2.75) is 29.8 Å². The molecule has 1 aliphatic heterocycles. The smallest absolute Gasteiger partial charge is 0.198 e. The van der Waals surface area contributed by atoms with Gasteiger partial charge in [-0.25, -0.2) is 18.4 Å². The predicted molar refractivity (Wildman–Crippen MR) is 76.3 cm³/mol. The molecule has 0 amide bonds. The van der Waals surface area contributed by atoms with Gasteiger partial charge in [0.15, 0.2) is 26.5 Å². The van der Waals surface area contributed by atoms with Crippen molar-refractivity contribution in [1.29, 1.82) is 0 Å². The van der Waals surface area contributed by atoms with Gasteiger partial charge in [-0.15, -0.1) is 0 Å². The Labute approximate surface area is 117 Å². The van der Waals surface area contributed by atoms with Gasteiger partial charge in [0.2, 0.25) is 0 Å². The fourth-order valence-electron chi connectivity index (χ4n) is 1.82. The molecule has 1 unspecified atom stereocenters. The van der Waals surface area contributed by atoms with Gasteiger partial charge in [0.25, 0.3) is 0 Å². The molecule has 0 saturated heterocycles. The molecule has 0 aliphatic carbocycles. The third-order valence-electron chi connectivity index (χ3n) is 2.97. The number of aromatic nitrogens is 1. The maximum Gasteiger partial charge on any atom is 0.198 e. The minimum absolute atomic E-state index is 0.0689. The van der Waals surface area contributed by atoms with Crippen LogP contribution in [0, 0.1) is 0 Å². The zero-order valence-corrected chi connectivity index (χ0v) is 12.1. The molecule has 0 fully saturated rings. The molecule has 0 aromatic carbocycles. The van der Waals surface area contributed by atoms with E-state index in [0.717, 1.165) is 0 Å². The van der Waals surface area contributed by atoms with Crippen molar-refractivity contribution < 1.29 is 8.42 Å². The van der Waals surface area contributed by atoms with E-state index in [4.69, 9.17) is 11.5 Å². The third kappa shape index (κ3) is 2.39. The molecule has 1 aromatic rings. The van der Waals surface area contributed by atoms with E-state index in [1.807, 2.05) is 0 Å². The standard InChI is InChI=1S/C12H17N5O2S/c1-8(2)20(18,19)10-9(4-3-6-15-10)12(14)5-7-16-11(13)17-12/h3-8H,14H2,1-2H3,(H3,13,16,17). The van der Waals surface area contributed by atoms with Gasteiger partial charge in [0.1, 0.15) is 0 Å². The zero-order chi connectivity index (χ0) is 15.0. The van der Waals surface area contributed by atoms with E-state index in [2.05, 4.69) is 15.3 Å². The van der Waals surface area contributed by atoms with Crippen LogP contribution in [-0.4, -0.2) is 24.6 Å². The Balaban J connectivity index is 2.66. The average molecular weight is 295 g/mol. The monoisotopic (exact) mass is 295 g/mol. The van der Waals surface area contributed by atoms with E-state index in [0.29, 0.717) is 5.56 Å². The normalized spacial score (nSPS) is 22.5. The van der Waals surface area contributed by atoms with Gasteiger partial charge in [-0.2, -0.15) is 0 Å². The Morgan fingerprint density at radius 3 is 2.70 bits per heavy atom. The van der Waals surface area contributed by atoms with Crippen LogP contribution in [0.3, 0.4) is 0 Å². The Kier molecular flexibility index (Phi) is 3.53. The second-order valence-corrected chi connectivity index (χ2v) is 7.17. The SMILES string of the molecule is CC(C)S(=O)(=O)c1ncccc1C1(N)C=CNC(N)=N1. The summed E-state index contributed by atoms with van der Waals surface area (Å²) in [5.74, 6) is 0.117. The van der Waals surface area contributed by atoms with Crippen molar-refractivity contribution in [2.75, 3.05) is 0 Å². The molecule has 1 atom stereocenters. The largest absolute Gasteiger partial charge is 0.370 e. The first-order chi connectivity index (χ1) is 9.27. The lowest BCUT2D eigenvalue weighted by Gasteiger charge is -2.27. The number of hydrogen-bond acceptors (Lipinski definition) is 7. The van der Waals surface area contributed by atoms with E-state index in [-0.39, 0.29) is 11.0 Å². The molecular weight excluding hydrogens is 278 g/mol. The van der Waals surface area contributed by atoms with Crippen LogP contribution in [-0.2, 0) is 15.5 Å². The van der Waals surface area contributed by atoms with Crippen LogP contribution in [0.1, 0.15) is 19.4 Å². The highest BCUT2D eigenvalue weighted by atomic mass is 32.2. The number of rotatable bonds is 3. The highest BCUT2D eigenvalue weighted by Gasteiger charge is 2.34. The summed E-state index contributed by atoms with van der Waals surface area (Å²) >= 11 is 0. The molecule has 0 spiro atoms. The summed E-state index contributed by atoms with van der Waals surface area (Å²) in [6.45, 7) is 3.18. The van der Waals surface area contributed by atoms with Gasteiger partial charge >= 0.3 is 0 Å². The van der Waals surface area contributed by atoms with Gasteiger partial charge in [0, 0.05) is 18.0 Å². The first kappa shape index (κ1) is 14.5. The molecule has 2 rings (SSSR count). The number of pyridine rings is 1. The lowest BCUT2D eigenvalue weighted by molar-refractivity contribution is 0.545. The van der Waals surface area contributed by atoms with Gasteiger partial charge in [-0.1, -0.05) is 6.07 Å². The van der Waals surface area contributed by atoms with Crippen molar-refractivity contribution >= 4 is 15.8 Å². The topological polar surface area (TPSA) is 123 Å². The molecular formula is C12H17N5O2S. The van der Waals surface area contributed by atoms with E-state index < -0.39 is 20.8 Å². The van der Waals surface area contributed by atoms with Crippen molar-refractivity contribution in [3.05, 3.63) is 36.2 Å². The molecule has 8 heteroatoms. The van der Waals surface area contributed by atoms with E-state index >= 15 is 0 Å². The van der Waals surface area contributed by atoms with Crippen molar-refractivity contribution in [2.24, 2.45) is 16.5 Å². The van der Waals surface area contributed by atoms with Gasteiger partial charge in [-0.3, -0.25) is 5.73 Å². The number of sulfone groups is 1. The van der Waals surface area contributed by atoms with Crippen LogP contribution in [0.15, 0.2) is 40.6 Å². The van der Waals surface area contributed by atoms with Gasteiger partial charge < -0.3 is 11.1 Å². The van der Waals surface area contributed by atoms with Crippen LogP contribution in [0.4, 0.5) is 0 Å². The summed E-state index contributed by atoms with van der Waals surface area (Å²) in [7, 11) is -3.57. The number of nitrogens with one attached hydrogen (secondary N) is 1. The summed E-state index contributed by atoms with van der Waals surface area (Å²) in [5, 5.41) is 2.01. The Bertz CT molecular complexity index is 681. The molecule has 0 saturated carbocycles. The molecule has 20 heavy (non-hydrogen) atoms. The minimum atomic E-state index is -3.57. The van der Waals surface area contributed by atoms with Gasteiger partial charge in [-0.05, 0) is 26.0 Å². The predicted octanol–water partition coefficient (Wildman–Crippen LogP) is -0.193. The average Bonchev–Trinajstić information content (AvgIpc) is 2.38. The number of nitrogens with zero attached hydrogens (tertiary/aromatic N) is 2. The van der Waals surface area contributed by atoms with Crippen LogP contribution in [0.25, 0.3) is 0 Å². The lowest BCUT2D eigenvalue weighted by Crippen LogP contribution is -2.43. The number of nitrogens with two attached hydrogens (primary N) is 2. The first-order valence-electron chi connectivity index (χ1n) is 6.05. The molecule has 108 valence electrons. The highest BCUT2D eigenvalue weighted by molar-refractivity contribution is 7.92. The number of hydrogen-bond donors (Lipinski definition) is 3. The summed E-state index contributed by atoms with van der Waals surface area (Å²) in [6.07, 6.45) is 4.49. The fourth-order valence-corrected chi connectivity index (χ4v) is 3.01. The molecule has 0 radical (unpaired) electrons. The summed E-state index contributed by atoms with van der Waals surface area (Å²) < 4.78 is 24.8. The second kappa shape index (κ2) is 4.88. The molecule has 1 aromatic heterocycles. The molecule has 2 heterocycles. The van der Waals surface area contributed by atoms with E-state index in [1.165, 1.54) is 12.4 Å². The van der Waals surface area contributed by atoms with Crippen molar-refractivity contribution in [3.63, 3.8) is 0 Å². The summed E-state index contributed by atoms with van der Waals surface area (Å²) in [4.78, 5) is 8.07. The number of guanidine groups is 1. The van der Waals surface area contributed by atoms with E-state index in [9.17, 15) is 8.42 Å². The lowest BCUT2D eigenvalue weighted by atomic mass is 10.0. The van der Waals surface area contributed by atoms with Gasteiger partial charge in [0.05, 0.1) is 5.25 Å². The Hall–Kier alpha value is -1.93. The minimum Gasteiger partial charge on any atom is -0.370 e. The maximum atomic E-state index is 12.4. The maximum absolute atomic E-state index is 12.4. The first-order valence-corrected chi connectivity index (χ1v) is 7.60. The molecule has 7 nitrogen and oxygen atoms in total. The van der Waals surface area contributed by atoms with Crippen LogP contribution in [0.5, 0.6) is 0 Å². The number of aliphatic imine (C=N–C) groups is 1. The zero-order valence-electron chi connectivity index (χ0n) is 11.2. The van der Waals surface area contributed by atoms with Crippen molar-refractivity contribution in [3.8, 4) is 0 Å². The summed E-state index contributed by atoms with van der Waals surface area (Å²) in [5.41, 5.74) is 10.7. The third-order valence-corrected chi connectivity index (χ3v) is 5.07. The van der Waals surface area contributed by atoms with Crippen LogP contribution >= 0.6 is 0 Å². The summed E-state index contributed by atoms with van der Waals surface area (Å²) in [6, 6.07) is 3.21. The fraction of sp³-hybridized carbons (Fsp3) is 0.333. The molecule has 5 N–H and O–H groups in total.